The molecule has 0 aliphatic heterocycles. The highest BCUT2D eigenvalue weighted by Crippen LogP contribution is 2.21. The van der Waals surface area contributed by atoms with Crippen LogP contribution in [0.2, 0.25) is 0 Å². The maximum absolute atomic E-state index is 12.0. The lowest BCUT2D eigenvalue weighted by Crippen LogP contribution is -2.14. The van der Waals surface area contributed by atoms with Gasteiger partial charge in [0.25, 0.3) is 11.6 Å². The predicted octanol–water partition coefficient (Wildman–Crippen LogP) is 2.55. The summed E-state index contributed by atoms with van der Waals surface area (Å²) in [4.78, 5) is 26.3. The normalized spacial score (nSPS) is 9.95. The smallest absolute Gasteiger partial charge is 0.273 e. The number of carbonyl (C=O) groups is 1. The Kier molecular flexibility index (Phi) is 3.51. The zero-order chi connectivity index (χ0) is 13.8. The van der Waals surface area contributed by atoms with Crippen LogP contribution in [-0.4, -0.2) is 15.8 Å². The molecule has 0 atom stereocenters. The maximum atomic E-state index is 12.0. The highest BCUT2D eigenvalue weighted by Gasteiger charge is 2.17. The van der Waals surface area contributed by atoms with Crippen LogP contribution < -0.4 is 5.32 Å². The quantitative estimate of drug-likeness (QED) is 0.676. The molecule has 1 amide bonds. The second kappa shape index (κ2) is 5.26. The molecule has 0 fully saturated rings. The van der Waals surface area contributed by atoms with Crippen molar-refractivity contribution in [1.29, 1.82) is 0 Å². The van der Waals surface area contributed by atoms with Crippen molar-refractivity contribution in [2.75, 3.05) is 5.32 Å². The van der Waals surface area contributed by atoms with Crippen LogP contribution in [0, 0.1) is 17.0 Å². The monoisotopic (exact) mass is 257 g/mol. The number of nitrogens with one attached hydrogen (secondary N) is 1. The molecule has 0 radical (unpaired) electrons. The molecular formula is C13H11N3O3. The fourth-order valence-electron chi connectivity index (χ4n) is 1.69. The topological polar surface area (TPSA) is 85.1 Å². The fourth-order valence-corrected chi connectivity index (χ4v) is 1.69. The molecule has 19 heavy (non-hydrogen) atoms. The molecule has 0 spiro atoms. The predicted molar refractivity (Wildman–Crippen MR) is 70.0 cm³/mol. The molecule has 1 N–H and O–H groups in total. The number of anilines is 1. The SMILES string of the molecule is Cc1c(C(=O)Nc2ccccn2)cccc1[N+](=O)[O-]. The number of hydrogen-bond donors (Lipinski definition) is 1. The van der Waals surface area contributed by atoms with Crippen LogP contribution in [0.25, 0.3) is 0 Å². The van der Waals surface area contributed by atoms with Crippen molar-refractivity contribution in [1.82, 2.24) is 4.98 Å². The Morgan fingerprint density at radius 1 is 1.26 bits per heavy atom. The van der Waals surface area contributed by atoms with Gasteiger partial charge < -0.3 is 5.32 Å². The molecule has 6 nitrogen and oxygen atoms in total. The third kappa shape index (κ3) is 2.74. The van der Waals surface area contributed by atoms with Gasteiger partial charge in [-0.3, -0.25) is 14.9 Å². The van der Waals surface area contributed by atoms with Crippen molar-refractivity contribution in [3.8, 4) is 0 Å². The second-order valence-electron chi connectivity index (χ2n) is 3.88. The molecule has 0 unspecified atom stereocenters. The van der Waals surface area contributed by atoms with E-state index in [2.05, 4.69) is 10.3 Å². The molecule has 2 rings (SSSR count). The first-order valence-electron chi connectivity index (χ1n) is 5.56. The lowest BCUT2D eigenvalue weighted by atomic mass is 10.1. The second-order valence-corrected chi connectivity index (χ2v) is 3.88. The van der Waals surface area contributed by atoms with Crippen LogP contribution in [0.1, 0.15) is 15.9 Å². The number of aromatic nitrogens is 1. The zero-order valence-electron chi connectivity index (χ0n) is 10.2. The van der Waals surface area contributed by atoms with Crippen LogP contribution in [0.15, 0.2) is 42.6 Å². The van der Waals surface area contributed by atoms with Gasteiger partial charge in [-0.05, 0) is 25.1 Å². The Labute approximate surface area is 109 Å². The lowest BCUT2D eigenvalue weighted by Gasteiger charge is -2.07. The van der Waals surface area contributed by atoms with E-state index >= 15 is 0 Å². The summed E-state index contributed by atoms with van der Waals surface area (Å²) in [6.45, 7) is 1.55. The van der Waals surface area contributed by atoms with E-state index in [1.54, 1.807) is 37.4 Å². The number of hydrogen-bond acceptors (Lipinski definition) is 4. The lowest BCUT2D eigenvalue weighted by molar-refractivity contribution is -0.385. The summed E-state index contributed by atoms with van der Waals surface area (Å²) in [5.41, 5.74) is 0.523. The minimum Gasteiger partial charge on any atom is -0.307 e. The van der Waals surface area contributed by atoms with Gasteiger partial charge in [-0.2, -0.15) is 0 Å². The van der Waals surface area contributed by atoms with E-state index in [-0.39, 0.29) is 11.3 Å². The molecule has 96 valence electrons. The molecule has 0 saturated heterocycles. The first kappa shape index (κ1) is 12.7. The van der Waals surface area contributed by atoms with Gasteiger partial charge >= 0.3 is 0 Å². The Hall–Kier alpha value is -2.76. The average molecular weight is 257 g/mol. The van der Waals surface area contributed by atoms with Gasteiger partial charge in [0.15, 0.2) is 0 Å². The van der Waals surface area contributed by atoms with E-state index in [0.717, 1.165) is 0 Å². The summed E-state index contributed by atoms with van der Waals surface area (Å²) in [5, 5.41) is 13.4. The number of benzene rings is 1. The largest absolute Gasteiger partial charge is 0.307 e. The summed E-state index contributed by atoms with van der Waals surface area (Å²) >= 11 is 0. The van der Waals surface area contributed by atoms with Crippen molar-refractivity contribution in [2.24, 2.45) is 0 Å². The maximum Gasteiger partial charge on any atom is 0.273 e. The number of nitro benzene ring substituents is 1. The Balaban J connectivity index is 2.30. The van der Waals surface area contributed by atoms with E-state index in [1.165, 1.54) is 12.1 Å². The minimum absolute atomic E-state index is 0.0753. The fraction of sp³-hybridized carbons (Fsp3) is 0.0769. The third-order valence-corrected chi connectivity index (χ3v) is 2.65. The average Bonchev–Trinajstić information content (AvgIpc) is 2.39. The Bertz CT molecular complexity index is 626. The molecule has 1 aromatic heterocycles. The summed E-state index contributed by atoms with van der Waals surface area (Å²) in [7, 11) is 0. The molecule has 0 aliphatic rings. The highest BCUT2D eigenvalue weighted by atomic mass is 16.6. The van der Waals surface area contributed by atoms with Gasteiger partial charge in [0, 0.05) is 23.4 Å². The van der Waals surface area contributed by atoms with Crippen molar-refractivity contribution >= 4 is 17.4 Å². The van der Waals surface area contributed by atoms with E-state index in [9.17, 15) is 14.9 Å². The van der Waals surface area contributed by atoms with Crippen LogP contribution in [0.4, 0.5) is 11.5 Å². The Morgan fingerprint density at radius 2 is 2.05 bits per heavy atom. The first-order valence-corrected chi connectivity index (χ1v) is 5.56. The van der Waals surface area contributed by atoms with E-state index < -0.39 is 10.8 Å². The summed E-state index contributed by atoms with van der Waals surface area (Å²) in [6, 6.07) is 9.51. The summed E-state index contributed by atoms with van der Waals surface area (Å²) in [5.74, 6) is -0.0155. The van der Waals surface area contributed by atoms with Crippen molar-refractivity contribution < 1.29 is 9.72 Å². The molecule has 2 aromatic rings. The molecular weight excluding hydrogens is 246 g/mol. The summed E-state index contributed by atoms with van der Waals surface area (Å²) in [6.07, 6.45) is 1.55. The molecule has 1 heterocycles. The van der Waals surface area contributed by atoms with E-state index in [1.807, 2.05) is 0 Å². The van der Waals surface area contributed by atoms with Crippen LogP contribution >= 0.6 is 0 Å². The van der Waals surface area contributed by atoms with Crippen molar-refractivity contribution in [3.05, 3.63) is 63.8 Å². The number of nitro groups is 1. The highest BCUT2D eigenvalue weighted by molar-refractivity contribution is 6.05. The van der Waals surface area contributed by atoms with Gasteiger partial charge in [-0.15, -0.1) is 0 Å². The first-order chi connectivity index (χ1) is 9.09. The molecule has 0 bridgehead atoms. The van der Waals surface area contributed by atoms with Crippen LogP contribution in [0.3, 0.4) is 0 Å². The van der Waals surface area contributed by atoms with Gasteiger partial charge in [0.2, 0.25) is 0 Å². The molecule has 6 heteroatoms. The number of carbonyl (C=O) groups excluding carboxylic acids is 1. The van der Waals surface area contributed by atoms with Crippen LogP contribution in [-0.2, 0) is 0 Å². The molecule has 0 aliphatic carbocycles. The number of amides is 1. The van der Waals surface area contributed by atoms with E-state index in [0.29, 0.717) is 11.4 Å². The summed E-state index contributed by atoms with van der Waals surface area (Å²) < 4.78 is 0. The van der Waals surface area contributed by atoms with Crippen molar-refractivity contribution in [3.63, 3.8) is 0 Å². The third-order valence-electron chi connectivity index (χ3n) is 2.65. The molecule has 1 aromatic carbocycles. The van der Waals surface area contributed by atoms with Crippen LogP contribution in [0.5, 0.6) is 0 Å². The number of pyridine rings is 1. The van der Waals surface area contributed by atoms with Gasteiger partial charge in [-0.25, -0.2) is 4.98 Å². The van der Waals surface area contributed by atoms with Gasteiger partial charge in [0.1, 0.15) is 5.82 Å². The van der Waals surface area contributed by atoms with Gasteiger partial charge in [-0.1, -0.05) is 12.1 Å². The number of rotatable bonds is 3. The number of nitrogens with zero attached hydrogens (tertiary/aromatic N) is 2. The molecule has 0 saturated carbocycles. The minimum atomic E-state index is -0.507. The Morgan fingerprint density at radius 3 is 2.68 bits per heavy atom. The van der Waals surface area contributed by atoms with Gasteiger partial charge in [0.05, 0.1) is 4.92 Å². The van der Waals surface area contributed by atoms with E-state index in [4.69, 9.17) is 0 Å². The zero-order valence-corrected chi connectivity index (χ0v) is 10.2. The van der Waals surface area contributed by atoms with Crippen molar-refractivity contribution in [2.45, 2.75) is 6.92 Å². The standard InChI is InChI=1S/C13H11N3O3/c1-9-10(5-4-6-11(9)16(18)19)13(17)15-12-7-2-3-8-14-12/h2-8H,1H3,(H,14,15,17).